The van der Waals surface area contributed by atoms with Gasteiger partial charge >= 0.3 is 18.0 Å². The third-order valence-corrected chi connectivity index (χ3v) is 1.47. The average Bonchev–Trinajstić information content (AvgIpc) is 2.34. The zero-order valence-corrected chi connectivity index (χ0v) is 9.57. The molecule has 0 saturated carbocycles. The minimum absolute atomic E-state index is 0.505. The van der Waals surface area contributed by atoms with Crippen LogP contribution in [0.1, 0.15) is 0 Å². The lowest BCUT2D eigenvalue weighted by molar-refractivity contribution is -0.140. The number of hydrogen-bond acceptors (Lipinski definition) is 7. The van der Waals surface area contributed by atoms with Crippen LogP contribution in [0.25, 0.3) is 0 Å². The molecule has 0 bridgehead atoms. The molecule has 0 aromatic rings. The van der Waals surface area contributed by atoms with Gasteiger partial charge in [0.05, 0.1) is 20.3 Å². The average molecular weight is 268 g/mol. The standard InChI is InChI=1S/C5H9NO5.C3H7NO3/c1-11-5(10)6-3(2-7)4(8)9;4-2(1-5)3(6)7/h3,7H,2H2,1H3,(H,6,10)(H,8,9);2,5H,1,4H2,(H,6,7)/t3-;2-/m00/s1. The topological polar surface area (TPSA) is 179 Å². The lowest BCUT2D eigenvalue weighted by Gasteiger charge is -2.09. The maximum Gasteiger partial charge on any atom is 0.407 e. The minimum Gasteiger partial charge on any atom is -0.480 e. The molecule has 0 aromatic heterocycles. The number of aliphatic carboxylic acids is 2. The number of hydrogen-bond donors (Lipinski definition) is 6. The number of carbonyl (C=O) groups excluding carboxylic acids is 1. The second-order valence-corrected chi connectivity index (χ2v) is 2.84. The fourth-order valence-electron chi connectivity index (χ4n) is 0.465. The van der Waals surface area contributed by atoms with E-state index in [1.807, 2.05) is 5.32 Å². The Kier molecular flexibility index (Phi) is 10.5. The van der Waals surface area contributed by atoms with Gasteiger partial charge in [-0.1, -0.05) is 0 Å². The van der Waals surface area contributed by atoms with Crippen molar-refractivity contribution in [1.82, 2.24) is 5.32 Å². The number of nitrogens with one attached hydrogen (secondary N) is 1. The Morgan fingerprint density at radius 3 is 1.83 bits per heavy atom. The normalized spacial score (nSPS) is 12.4. The third kappa shape index (κ3) is 9.33. The van der Waals surface area contributed by atoms with E-state index in [1.54, 1.807) is 0 Å². The van der Waals surface area contributed by atoms with E-state index >= 15 is 0 Å². The van der Waals surface area contributed by atoms with E-state index in [9.17, 15) is 14.4 Å². The number of methoxy groups -OCH3 is 1. The van der Waals surface area contributed by atoms with Crippen LogP contribution < -0.4 is 11.1 Å². The fraction of sp³-hybridized carbons (Fsp3) is 0.625. The largest absolute Gasteiger partial charge is 0.480 e. The summed E-state index contributed by atoms with van der Waals surface area (Å²) < 4.78 is 4.11. The molecule has 0 heterocycles. The van der Waals surface area contributed by atoms with E-state index in [4.69, 9.17) is 26.2 Å². The smallest absolute Gasteiger partial charge is 0.407 e. The van der Waals surface area contributed by atoms with Crippen molar-refractivity contribution in [2.75, 3.05) is 20.3 Å². The highest BCUT2D eigenvalue weighted by atomic mass is 16.5. The summed E-state index contributed by atoms with van der Waals surface area (Å²) in [7, 11) is 1.10. The van der Waals surface area contributed by atoms with Crippen molar-refractivity contribution in [3.63, 3.8) is 0 Å². The predicted molar refractivity (Wildman–Crippen MR) is 56.7 cm³/mol. The number of carbonyl (C=O) groups is 3. The lowest BCUT2D eigenvalue weighted by atomic mass is 10.3. The molecule has 0 aliphatic rings. The second kappa shape index (κ2) is 10.3. The van der Waals surface area contributed by atoms with Crippen LogP contribution in [-0.4, -0.2) is 70.9 Å². The molecule has 106 valence electrons. The van der Waals surface area contributed by atoms with Gasteiger partial charge in [0.15, 0.2) is 6.04 Å². The minimum atomic E-state index is -1.31. The summed E-state index contributed by atoms with van der Waals surface area (Å²) in [5.74, 6) is -2.49. The molecule has 0 aliphatic carbocycles. The summed E-state index contributed by atoms with van der Waals surface area (Å²) in [6.07, 6.45) is -0.883. The van der Waals surface area contributed by atoms with E-state index in [-0.39, 0.29) is 0 Å². The molecule has 10 nitrogen and oxygen atoms in total. The molecule has 2 atom stereocenters. The zero-order chi connectivity index (χ0) is 14.7. The first-order valence-corrected chi connectivity index (χ1v) is 4.57. The van der Waals surface area contributed by atoms with Crippen LogP contribution in [0.4, 0.5) is 4.79 Å². The monoisotopic (exact) mass is 268 g/mol. The number of aliphatic hydroxyl groups is 2. The number of alkyl carbamates (subject to hydrolysis) is 1. The molecule has 0 rings (SSSR count). The first-order chi connectivity index (χ1) is 8.29. The van der Waals surface area contributed by atoms with E-state index < -0.39 is 43.3 Å². The van der Waals surface area contributed by atoms with Crippen LogP contribution in [-0.2, 0) is 14.3 Å². The molecule has 0 aliphatic heterocycles. The maximum atomic E-state index is 10.4. The summed E-state index contributed by atoms with van der Waals surface area (Å²) in [4.78, 5) is 30.2. The Morgan fingerprint density at radius 2 is 1.67 bits per heavy atom. The van der Waals surface area contributed by atoms with Gasteiger partial charge in [0.2, 0.25) is 0 Å². The van der Waals surface area contributed by atoms with Gasteiger partial charge in [-0.05, 0) is 0 Å². The van der Waals surface area contributed by atoms with Gasteiger partial charge in [-0.3, -0.25) is 4.79 Å². The maximum absolute atomic E-state index is 10.4. The van der Waals surface area contributed by atoms with Crippen LogP contribution in [0.15, 0.2) is 0 Å². The Bertz CT molecular complexity index is 282. The van der Waals surface area contributed by atoms with E-state index in [2.05, 4.69) is 4.74 Å². The Labute approximate surface area is 102 Å². The van der Waals surface area contributed by atoms with Gasteiger partial charge in [0.1, 0.15) is 6.04 Å². The highest BCUT2D eigenvalue weighted by Crippen LogP contribution is 1.83. The molecule has 7 N–H and O–H groups in total. The highest BCUT2D eigenvalue weighted by molar-refractivity contribution is 5.79. The molecule has 1 amide bonds. The van der Waals surface area contributed by atoms with Crippen molar-refractivity contribution in [3.8, 4) is 0 Å². The van der Waals surface area contributed by atoms with E-state index in [0.29, 0.717) is 0 Å². The molecule has 18 heavy (non-hydrogen) atoms. The van der Waals surface area contributed by atoms with Crippen LogP contribution in [0.3, 0.4) is 0 Å². The number of nitrogens with two attached hydrogens (primary N) is 1. The Hall–Kier alpha value is -1.91. The summed E-state index contributed by atoms with van der Waals surface area (Å²) in [5, 5.41) is 34.5. The molecular formula is C8H16N2O8. The number of ether oxygens (including phenoxy) is 1. The molecule has 10 heteroatoms. The fourth-order valence-corrected chi connectivity index (χ4v) is 0.465. The predicted octanol–water partition coefficient (Wildman–Crippen LogP) is -2.82. The summed E-state index contributed by atoms with van der Waals surface area (Å²) >= 11 is 0. The molecule has 0 aromatic carbocycles. The van der Waals surface area contributed by atoms with Gasteiger partial charge in [0, 0.05) is 0 Å². The Morgan fingerprint density at radius 1 is 1.17 bits per heavy atom. The van der Waals surface area contributed by atoms with Crippen LogP contribution in [0.2, 0.25) is 0 Å². The van der Waals surface area contributed by atoms with Crippen molar-refractivity contribution in [2.24, 2.45) is 5.73 Å². The molecular weight excluding hydrogens is 252 g/mol. The van der Waals surface area contributed by atoms with Crippen LogP contribution >= 0.6 is 0 Å². The van der Waals surface area contributed by atoms with Crippen molar-refractivity contribution in [2.45, 2.75) is 12.1 Å². The third-order valence-electron chi connectivity index (χ3n) is 1.47. The van der Waals surface area contributed by atoms with E-state index in [1.165, 1.54) is 0 Å². The molecule has 0 fully saturated rings. The van der Waals surface area contributed by atoms with Crippen molar-refractivity contribution in [3.05, 3.63) is 0 Å². The lowest BCUT2D eigenvalue weighted by Crippen LogP contribution is -2.43. The number of carboxylic acids is 2. The summed E-state index contributed by atoms with van der Waals surface area (Å²) in [6.45, 7) is -1.17. The quantitative estimate of drug-likeness (QED) is 0.306. The van der Waals surface area contributed by atoms with Crippen molar-refractivity contribution < 1.29 is 39.5 Å². The van der Waals surface area contributed by atoms with Gasteiger partial charge in [-0.2, -0.15) is 0 Å². The number of amides is 1. The van der Waals surface area contributed by atoms with Crippen molar-refractivity contribution in [1.29, 1.82) is 0 Å². The molecule has 0 saturated heterocycles. The second-order valence-electron chi connectivity index (χ2n) is 2.84. The molecule has 0 unspecified atom stereocenters. The van der Waals surface area contributed by atoms with Crippen LogP contribution in [0, 0.1) is 0 Å². The Balaban J connectivity index is 0. The summed E-state index contributed by atoms with van der Waals surface area (Å²) in [6, 6.07) is -2.43. The SMILES string of the molecule is COC(=O)N[C@@H](CO)C(=O)O.N[C@@H](CO)C(=O)O. The number of carboxylic acid groups (broad SMARTS) is 2. The number of rotatable bonds is 5. The van der Waals surface area contributed by atoms with Crippen LogP contribution in [0.5, 0.6) is 0 Å². The first-order valence-electron chi connectivity index (χ1n) is 4.57. The van der Waals surface area contributed by atoms with Gasteiger partial charge < -0.3 is 36.2 Å². The zero-order valence-electron chi connectivity index (χ0n) is 9.57. The first kappa shape index (κ1) is 18.5. The molecule has 0 spiro atoms. The highest BCUT2D eigenvalue weighted by Gasteiger charge is 2.18. The van der Waals surface area contributed by atoms with Crippen molar-refractivity contribution >= 4 is 18.0 Å². The molecule has 0 radical (unpaired) electrons. The summed E-state index contributed by atoms with van der Waals surface area (Å²) in [5.41, 5.74) is 4.77. The van der Waals surface area contributed by atoms with Gasteiger partial charge in [0.25, 0.3) is 0 Å². The van der Waals surface area contributed by atoms with Gasteiger partial charge in [-0.25, -0.2) is 9.59 Å². The number of aliphatic hydroxyl groups excluding tert-OH is 2. The van der Waals surface area contributed by atoms with E-state index in [0.717, 1.165) is 7.11 Å². The van der Waals surface area contributed by atoms with Gasteiger partial charge in [-0.15, -0.1) is 0 Å².